The first-order chi connectivity index (χ1) is 10.8. The molecule has 1 amide bonds. The number of pyridine rings is 1. The molecule has 3 rings (SSSR count). The average molecular weight is 295 g/mol. The first kappa shape index (κ1) is 14.6. The highest BCUT2D eigenvalue weighted by Crippen LogP contribution is 2.22. The molecule has 1 saturated carbocycles. The van der Waals surface area contributed by atoms with Crippen LogP contribution in [0, 0.1) is 0 Å². The third-order valence-electron chi connectivity index (χ3n) is 4.02. The molecule has 2 aromatic rings. The molecule has 1 heterocycles. The monoisotopic (exact) mass is 295 g/mol. The van der Waals surface area contributed by atoms with Crippen molar-refractivity contribution >= 4 is 11.6 Å². The van der Waals surface area contributed by atoms with Crippen LogP contribution in [-0.2, 0) is 6.54 Å². The van der Waals surface area contributed by atoms with E-state index in [9.17, 15) is 4.79 Å². The first-order valence-corrected chi connectivity index (χ1v) is 7.85. The highest BCUT2D eigenvalue weighted by atomic mass is 16.1. The molecule has 0 unspecified atom stereocenters. The highest BCUT2D eigenvalue weighted by Gasteiger charge is 2.15. The van der Waals surface area contributed by atoms with Crippen LogP contribution in [-0.4, -0.2) is 16.9 Å². The molecular formula is C18H21N3O. The van der Waals surface area contributed by atoms with Crippen molar-refractivity contribution in [1.29, 1.82) is 0 Å². The van der Waals surface area contributed by atoms with Crippen LogP contribution in [0.15, 0.2) is 48.8 Å². The largest absolute Gasteiger partial charge is 0.381 e. The standard InChI is InChI=1S/C18H21N3O/c22-18(20-11-14-6-2-1-3-7-14)15-10-17(13-19-12-15)21-16-8-4-5-9-16/h1-3,6-7,10,12-13,16,21H,4-5,8-9,11H2,(H,20,22). The lowest BCUT2D eigenvalue weighted by Gasteiger charge is -2.13. The van der Waals surface area contributed by atoms with Crippen molar-refractivity contribution in [2.75, 3.05) is 5.32 Å². The number of hydrogen-bond acceptors (Lipinski definition) is 3. The lowest BCUT2D eigenvalue weighted by Crippen LogP contribution is -2.23. The maximum Gasteiger partial charge on any atom is 0.253 e. The molecule has 0 spiro atoms. The maximum absolute atomic E-state index is 12.2. The number of hydrogen-bond donors (Lipinski definition) is 2. The van der Waals surface area contributed by atoms with E-state index in [-0.39, 0.29) is 5.91 Å². The van der Waals surface area contributed by atoms with Crippen molar-refractivity contribution in [2.24, 2.45) is 0 Å². The van der Waals surface area contributed by atoms with Crippen molar-refractivity contribution in [3.05, 3.63) is 59.9 Å². The van der Waals surface area contributed by atoms with E-state index in [1.54, 1.807) is 12.4 Å². The zero-order chi connectivity index (χ0) is 15.2. The van der Waals surface area contributed by atoms with Gasteiger partial charge in [-0.05, 0) is 24.5 Å². The Bertz CT molecular complexity index is 621. The molecule has 2 N–H and O–H groups in total. The number of carbonyl (C=O) groups excluding carboxylic acids is 1. The second kappa shape index (κ2) is 7.07. The van der Waals surface area contributed by atoms with Gasteiger partial charge in [0.05, 0.1) is 11.3 Å². The molecule has 0 bridgehead atoms. The number of anilines is 1. The summed E-state index contributed by atoms with van der Waals surface area (Å²) in [5, 5.41) is 6.40. The number of amides is 1. The van der Waals surface area contributed by atoms with Crippen LogP contribution in [0.5, 0.6) is 0 Å². The molecule has 1 aliphatic rings. The van der Waals surface area contributed by atoms with Gasteiger partial charge in [0, 0.05) is 25.0 Å². The van der Waals surface area contributed by atoms with Gasteiger partial charge in [0.2, 0.25) is 0 Å². The van der Waals surface area contributed by atoms with Crippen LogP contribution in [0.4, 0.5) is 5.69 Å². The average Bonchev–Trinajstić information content (AvgIpc) is 3.07. The topological polar surface area (TPSA) is 54.0 Å². The number of nitrogens with one attached hydrogen (secondary N) is 2. The van der Waals surface area contributed by atoms with Crippen LogP contribution in [0.2, 0.25) is 0 Å². The molecule has 0 atom stereocenters. The van der Waals surface area contributed by atoms with Crippen molar-refractivity contribution in [2.45, 2.75) is 38.3 Å². The summed E-state index contributed by atoms with van der Waals surface area (Å²) in [6, 6.07) is 12.3. The first-order valence-electron chi connectivity index (χ1n) is 7.85. The Kier molecular flexibility index (Phi) is 4.68. The lowest BCUT2D eigenvalue weighted by molar-refractivity contribution is 0.0950. The molecule has 114 valence electrons. The molecular weight excluding hydrogens is 274 g/mol. The number of rotatable bonds is 5. The third kappa shape index (κ3) is 3.85. The van der Waals surface area contributed by atoms with Gasteiger partial charge in [-0.3, -0.25) is 9.78 Å². The van der Waals surface area contributed by atoms with Crippen LogP contribution in [0.25, 0.3) is 0 Å². The Balaban J connectivity index is 1.59. The summed E-state index contributed by atoms with van der Waals surface area (Å²) in [6.07, 6.45) is 8.35. The molecule has 0 saturated heterocycles. The third-order valence-corrected chi connectivity index (χ3v) is 4.02. The number of aromatic nitrogens is 1. The van der Waals surface area contributed by atoms with Gasteiger partial charge in [-0.25, -0.2) is 0 Å². The van der Waals surface area contributed by atoms with E-state index in [4.69, 9.17) is 0 Å². The van der Waals surface area contributed by atoms with Gasteiger partial charge >= 0.3 is 0 Å². The normalized spacial score (nSPS) is 14.7. The minimum atomic E-state index is -0.0913. The smallest absolute Gasteiger partial charge is 0.253 e. The predicted molar refractivity (Wildman–Crippen MR) is 87.7 cm³/mol. The molecule has 0 aliphatic heterocycles. The fraction of sp³-hybridized carbons (Fsp3) is 0.333. The molecule has 4 heteroatoms. The predicted octanol–water partition coefficient (Wildman–Crippen LogP) is 3.37. The Morgan fingerprint density at radius 2 is 1.91 bits per heavy atom. The summed E-state index contributed by atoms with van der Waals surface area (Å²) in [5.74, 6) is -0.0913. The molecule has 1 aliphatic carbocycles. The van der Waals surface area contributed by atoms with Gasteiger partial charge in [0.15, 0.2) is 0 Å². The van der Waals surface area contributed by atoms with E-state index in [2.05, 4.69) is 15.6 Å². The second-order valence-corrected chi connectivity index (χ2v) is 5.76. The Morgan fingerprint density at radius 1 is 1.14 bits per heavy atom. The SMILES string of the molecule is O=C(NCc1ccccc1)c1cncc(NC2CCCC2)c1. The van der Waals surface area contributed by atoms with E-state index in [1.807, 2.05) is 36.4 Å². The van der Waals surface area contributed by atoms with Gasteiger partial charge in [0.1, 0.15) is 0 Å². The summed E-state index contributed by atoms with van der Waals surface area (Å²) in [7, 11) is 0. The molecule has 22 heavy (non-hydrogen) atoms. The van der Waals surface area contributed by atoms with Crippen molar-refractivity contribution < 1.29 is 4.79 Å². The van der Waals surface area contributed by atoms with Crippen LogP contribution in [0.1, 0.15) is 41.6 Å². The lowest BCUT2D eigenvalue weighted by atomic mass is 10.2. The minimum Gasteiger partial charge on any atom is -0.381 e. The van der Waals surface area contributed by atoms with E-state index in [0.717, 1.165) is 11.3 Å². The number of nitrogens with zero attached hydrogens (tertiary/aromatic N) is 1. The fourth-order valence-corrected chi connectivity index (χ4v) is 2.83. The van der Waals surface area contributed by atoms with Crippen LogP contribution in [0.3, 0.4) is 0 Å². The van der Waals surface area contributed by atoms with E-state index in [1.165, 1.54) is 25.7 Å². The zero-order valence-electron chi connectivity index (χ0n) is 12.6. The van der Waals surface area contributed by atoms with Gasteiger partial charge < -0.3 is 10.6 Å². The molecule has 1 fully saturated rings. The van der Waals surface area contributed by atoms with Crippen LogP contribution < -0.4 is 10.6 Å². The molecule has 0 radical (unpaired) electrons. The van der Waals surface area contributed by atoms with Crippen molar-refractivity contribution in [3.8, 4) is 0 Å². The summed E-state index contributed by atoms with van der Waals surface area (Å²) < 4.78 is 0. The van der Waals surface area contributed by atoms with Crippen molar-refractivity contribution in [1.82, 2.24) is 10.3 Å². The Hall–Kier alpha value is -2.36. The Morgan fingerprint density at radius 3 is 2.68 bits per heavy atom. The number of benzene rings is 1. The fourth-order valence-electron chi connectivity index (χ4n) is 2.83. The van der Waals surface area contributed by atoms with E-state index in [0.29, 0.717) is 18.2 Å². The van der Waals surface area contributed by atoms with Gasteiger partial charge in [-0.2, -0.15) is 0 Å². The highest BCUT2D eigenvalue weighted by molar-refractivity contribution is 5.94. The second-order valence-electron chi connectivity index (χ2n) is 5.76. The quantitative estimate of drug-likeness (QED) is 0.889. The van der Waals surface area contributed by atoms with Gasteiger partial charge in [-0.1, -0.05) is 43.2 Å². The minimum absolute atomic E-state index is 0.0913. The zero-order valence-corrected chi connectivity index (χ0v) is 12.6. The summed E-state index contributed by atoms with van der Waals surface area (Å²) in [6.45, 7) is 0.528. The number of carbonyl (C=O) groups is 1. The van der Waals surface area contributed by atoms with E-state index >= 15 is 0 Å². The Labute approximate surface area is 131 Å². The van der Waals surface area contributed by atoms with Crippen molar-refractivity contribution in [3.63, 3.8) is 0 Å². The summed E-state index contributed by atoms with van der Waals surface area (Å²) >= 11 is 0. The van der Waals surface area contributed by atoms with E-state index < -0.39 is 0 Å². The molecule has 1 aromatic carbocycles. The maximum atomic E-state index is 12.2. The van der Waals surface area contributed by atoms with Crippen LogP contribution >= 0.6 is 0 Å². The van der Waals surface area contributed by atoms with Gasteiger partial charge in [0.25, 0.3) is 5.91 Å². The summed E-state index contributed by atoms with van der Waals surface area (Å²) in [5.41, 5.74) is 2.61. The molecule has 1 aromatic heterocycles. The summed E-state index contributed by atoms with van der Waals surface area (Å²) in [4.78, 5) is 16.4. The molecule has 4 nitrogen and oxygen atoms in total. The van der Waals surface area contributed by atoms with Gasteiger partial charge in [-0.15, -0.1) is 0 Å².